The average molecular weight is 781 g/mol. The van der Waals surface area contributed by atoms with E-state index in [1.54, 1.807) is 0 Å². The van der Waals surface area contributed by atoms with E-state index in [1.807, 2.05) is 0 Å². The molecule has 10 aromatic carbocycles. The molecule has 290 valence electrons. The molecule has 0 fully saturated rings. The molecule has 0 heterocycles. The lowest BCUT2D eigenvalue weighted by atomic mass is 9.81. The second-order valence-electron chi connectivity index (χ2n) is 16.5. The van der Waals surface area contributed by atoms with Crippen LogP contribution in [-0.2, 0) is 5.41 Å². The van der Waals surface area contributed by atoms with Gasteiger partial charge in [-0.25, -0.2) is 0 Å². The monoisotopic (exact) mass is 780 g/mol. The molecule has 0 bridgehead atoms. The number of hydrogen-bond donors (Lipinski definition) is 0. The van der Waals surface area contributed by atoms with Crippen molar-refractivity contribution >= 4 is 55.7 Å². The van der Waals surface area contributed by atoms with Crippen molar-refractivity contribution in [2.24, 2.45) is 0 Å². The van der Waals surface area contributed by atoms with Crippen LogP contribution in [0.5, 0.6) is 0 Å². The number of nitrogens with zero attached hydrogens (tertiary/aromatic N) is 2. The Morgan fingerprint density at radius 2 is 0.721 bits per heavy atom. The summed E-state index contributed by atoms with van der Waals surface area (Å²) in [4.78, 5) is 4.91. The van der Waals surface area contributed by atoms with Crippen LogP contribution in [0.4, 0.5) is 34.1 Å². The van der Waals surface area contributed by atoms with Crippen molar-refractivity contribution in [2.75, 3.05) is 9.80 Å². The van der Waals surface area contributed by atoms with Crippen LogP contribution < -0.4 is 9.80 Å². The lowest BCUT2D eigenvalue weighted by Gasteiger charge is -2.32. The summed E-state index contributed by atoms with van der Waals surface area (Å²) >= 11 is 0. The van der Waals surface area contributed by atoms with Gasteiger partial charge in [0.15, 0.2) is 0 Å². The summed E-state index contributed by atoms with van der Waals surface area (Å²) in [7, 11) is 0. The lowest BCUT2D eigenvalue weighted by Crippen LogP contribution is -2.18. The normalized spacial score (nSPS) is 12.6. The van der Waals surface area contributed by atoms with E-state index in [0.717, 1.165) is 34.1 Å². The van der Waals surface area contributed by atoms with Gasteiger partial charge in [-0.05, 0) is 116 Å². The zero-order valence-electron chi connectivity index (χ0n) is 34.3. The molecule has 0 saturated carbocycles. The summed E-state index contributed by atoms with van der Waals surface area (Å²) in [6.07, 6.45) is 0. The highest BCUT2D eigenvalue weighted by Gasteiger charge is 2.39. The number of rotatable bonds is 8. The Kier molecular flexibility index (Phi) is 8.86. The Balaban J connectivity index is 1.19. The Morgan fingerprint density at radius 3 is 1.25 bits per heavy atom. The summed E-state index contributed by atoms with van der Waals surface area (Å²) in [5.74, 6) is 0. The summed E-state index contributed by atoms with van der Waals surface area (Å²) in [6, 6.07) is 84.2. The smallest absolute Gasteiger partial charge is 0.0543 e. The van der Waals surface area contributed by atoms with Gasteiger partial charge in [-0.15, -0.1) is 0 Å². The van der Waals surface area contributed by atoms with Gasteiger partial charge in [0.1, 0.15) is 0 Å². The number of fused-ring (bicyclic) bond motifs is 6. The first-order valence-electron chi connectivity index (χ1n) is 21.2. The van der Waals surface area contributed by atoms with Crippen LogP contribution >= 0.6 is 0 Å². The number of para-hydroxylation sites is 3. The first-order valence-corrected chi connectivity index (χ1v) is 21.2. The van der Waals surface area contributed by atoms with Gasteiger partial charge < -0.3 is 9.80 Å². The van der Waals surface area contributed by atoms with Gasteiger partial charge in [0.25, 0.3) is 0 Å². The molecule has 0 aliphatic heterocycles. The van der Waals surface area contributed by atoms with Crippen LogP contribution in [0.3, 0.4) is 0 Å². The van der Waals surface area contributed by atoms with Gasteiger partial charge in [0.2, 0.25) is 0 Å². The van der Waals surface area contributed by atoms with Crippen LogP contribution in [0.25, 0.3) is 54.9 Å². The van der Waals surface area contributed by atoms with Crippen molar-refractivity contribution in [3.8, 4) is 33.4 Å². The van der Waals surface area contributed by atoms with E-state index in [4.69, 9.17) is 0 Å². The first kappa shape index (κ1) is 36.4. The van der Waals surface area contributed by atoms with E-state index in [1.165, 1.54) is 66.1 Å². The van der Waals surface area contributed by atoms with Crippen LogP contribution in [0, 0.1) is 0 Å². The molecule has 2 heteroatoms. The Bertz CT molecular complexity index is 3150. The number of benzene rings is 10. The lowest BCUT2D eigenvalue weighted by molar-refractivity contribution is 0.660. The molecule has 0 amide bonds. The molecule has 0 unspecified atom stereocenters. The molecule has 0 spiro atoms. The van der Waals surface area contributed by atoms with E-state index in [0.29, 0.717) is 0 Å². The SMILES string of the molecule is CC1(C)c2cc(N(c3ccccc3)c3ccccc3)c(-c3ccccc3)cc2-c2cc(-c3ccccc3)c(N(c3ccccc3)c3cccc4c3ccc3ccccc34)cc21. The maximum Gasteiger partial charge on any atom is 0.0543 e. The summed E-state index contributed by atoms with van der Waals surface area (Å²) in [5, 5.41) is 4.96. The third-order valence-corrected chi connectivity index (χ3v) is 12.6. The topological polar surface area (TPSA) is 6.48 Å². The molecule has 0 N–H and O–H groups in total. The molecule has 2 nitrogen and oxygen atoms in total. The predicted octanol–water partition coefficient (Wildman–Crippen LogP) is 16.6. The molecular formula is C59H44N2. The van der Waals surface area contributed by atoms with Crippen LogP contribution in [-0.4, -0.2) is 0 Å². The maximum absolute atomic E-state index is 2.50. The molecule has 61 heavy (non-hydrogen) atoms. The third-order valence-electron chi connectivity index (χ3n) is 12.6. The molecule has 10 aromatic rings. The number of hydrogen-bond acceptors (Lipinski definition) is 2. The average Bonchev–Trinajstić information content (AvgIpc) is 3.54. The Labute approximate surface area is 358 Å². The van der Waals surface area contributed by atoms with E-state index in [9.17, 15) is 0 Å². The second kappa shape index (κ2) is 14.9. The minimum atomic E-state index is -0.324. The van der Waals surface area contributed by atoms with E-state index in [-0.39, 0.29) is 5.41 Å². The van der Waals surface area contributed by atoms with E-state index in [2.05, 4.69) is 254 Å². The highest BCUT2D eigenvalue weighted by molar-refractivity contribution is 6.13. The maximum atomic E-state index is 2.50. The highest BCUT2D eigenvalue weighted by Crippen LogP contribution is 2.57. The van der Waals surface area contributed by atoms with Gasteiger partial charge >= 0.3 is 0 Å². The highest BCUT2D eigenvalue weighted by atomic mass is 15.2. The minimum Gasteiger partial charge on any atom is -0.310 e. The third kappa shape index (κ3) is 6.19. The van der Waals surface area contributed by atoms with Crippen molar-refractivity contribution in [1.29, 1.82) is 0 Å². The van der Waals surface area contributed by atoms with Crippen LogP contribution in [0.2, 0.25) is 0 Å². The zero-order chi connectivity index (χ0) is 40.9. The molecule has 11 rings (SSSR count). The van der Waals surface area contributed by atoms with Gasteiger partial charge in [-0.3, -0.25) is 0 Å². The predicted molar refractivity (Wildman–Crippen MR) is 259 cm³/mol. The molecular weight excluding hydrogens is 737 g/mol. The minimum absolute atomic E-state index is 0.324. The fraction of sp³-hybridized carbons (Fsp3) is 0.0508. The van der Waals surface area contributed by atoms with Gasteiger partial charge in [0.05, 0.1) is 17.1 Å². The van der Waals surface area contributed by atoms with Crippen molar-refractivity contribution in [1.82, 2.24) is 0 Å². The van der Waals surface area contributed by atoms with Crippen molar-refractivity contribution in [3.63, 3.8) is 0 Å². The first-order chi connectivity index (χ1) is 30.0. The van der Waals surface area contributed by atoms with Gasteiger partial charge in [-0.1, -0.05) is 178 Å². The molecule has 0 radical (unpaired) electrons. The van der Waals surface area contributed by atoms with Crippen molar-refractivity contribution < 1.29 is 0 Å². The molecule has 0 aromatic heterocycles. The van der Waals surface area contributed by atoms with Gasteiger partial charge in [-0.2, -0.15) is 0 Å². The molecule has 1 aliphatic rings. The molecule has 0 atom stereocenters. The summed E-state index contributed by atoms with van der Waals surface area (Å²) in [6.45, 7) is 4.81. The Hall–Kier alpha value is -7.68. The molecule has 0 saturated heterocycles. The molecule has 1 aliphatic carbocycles. The largest absolute Gasteiger partial charge is 0.310 e. The fourth-order valence-electron chi connectivity index (χ4n) is 9.65. The van der Waals surface area contributed by atoms with Gasteiger partial charge in [0, 0.05) is 39.0 Å². The Morgan fingerprint density at radius 1 is 0.295 bits per heavy atom. The quantitative estimate of drug-likeness (QED) is 0.142. The summed E-state index contributed by atoms with van der Waals surface area (Å²) in [5.41, 5.74) is 16.4. The number of anilines is 6. The second-order valence-corrected chi connectivity index (χ2v) is 16.5. The fourth-order valence-corrected chi connectivity index (χ4v) is 9.65. The summed E-state index contributed by atoms with van der Waals surface area (Å²) < 4.78 is 0. The van der Waals surface area contributed by atoms with Crippen LogP contribution in [0.15, 0.2) is 231 Å². The zero-order valence-corrected chi connectivity index (χ0v) is 34.3. The standard InChI is InChI=1S/C59H44N2/c1-59(2)54-39-57(60(44-26-12-5-13-27-44)45-28-14-6-15-29-45)50(41-21-8-3-9-22-41)37-52(54)53-38-51(42-23-10-4-11-24-42)58(40-55(53)59)61(46-30-16-7-17-31-46)56-34-20-33-48-47-32-19-18-25-43(47)35-36-49(48)56/h3-40H,1-2H3. The van der Waals surface area contributed by atoms with E-state index < -0.39 is 0 Å². The van der Waals surface area contributed by atoms with Crippen molar-refractivity contribution in [2.45, 2.75) is 19.3 Å². The van der Waals surface area contributed by atoms with Crippen LogP contribution in [0.1, 0.15) is 25.0 Å². The van der Waals surface area contributed by atoms with E-state index >= 15 is 0 Å². The van der Waals surface area contributed by atoms with Crippen molar-refractivity contribution in [3.05, 3.63) is 242 Å².